The summed E-state index contributed by atoms with van der Waals surface area (Å²) in [5, 5.41) is 4.44. The average molecular weight is 354 g/mol. The summed E-state index contributed by atoms with van der Waals surface area (Å²) in [5.74, 6) is 0.0129. The van der Waals surface area contributed by atoms with Crippen molar-refractivity contribution in [1.82, 2.24) is 15.0 Å². The lowest BCUT2D eigenvalue weighted by atomic mass is 10.1. The molecule has 0 fully saturated rings. The lowest BCUT2D eigenvalue weighted by molar-refractivity contribution is 0.569. The molecule has 7 heteroatoms. The fraction of sp³-hybridized carbons (Fsp3) is 0.438. The summed E-state index contributed by atoms with van der Waals surface area (Å²) in [4.78, 5) is 5.44. The first-order chi connectivity index (χ1) is 10.8. The van der Waals surface area contributed by atoms with Crippen LogP contribution in [-0.4, -0.2) is 19.4 Å². The average Bonchev–Trinajstić information content (AvgIpc) is 2.84. The number of benzene rings is 1. The first-order valence-electron chi connectivity index (χ1n) is 7.54. The zero-order valence-electron chi connectivity index (χ0n) is 13.7. The van der Waals surface area contributed by atoms with Gasteiger partial charge in [0.2, 0.25) is 10.0 Å². The number of hydrogen-bond donors (Lipinski definition) is 2. The SMILES string of the molecule is Cc1ncc(CNCc2ccc(CS(=O)(=O)NC(C)C)cc2)s1. The summed E-state index contributed by atoms with van der Waals surface area (Å²) in [7, 11) is -3.27. The molecule has 2 aromatic rings. The highest BCUT2D eigenvalue weighted by molar-refractivity contribution is 7.88. The Bertz CT molecular complexity index is 722. The van der Waals surface area contributed by atoms with E-state index >= 15 is 0 Å². The standard InChI is InChI=1S/C16H23N3O2S2/c1-12(2)19-23(20,21)11-15-6-4-14(5-7-15)8-17-9-16-10-18-13(3)22-16/h4-7,10,12,17,19H,8-9,11H2,1-3H3. The molecule has 1 heterocycles. The molecule has 0 saturated carbocycles. The van der Waals surface area contributed by atoms with Crippen LogP contribution in [0.5, 0.6) is 0 Å². The first-order valence-corrected chi connectivity index (χ1v) is 10.0. The molecule has 126 valence electrons. The molecule has 2 N–H and O–H groups in total. The molecule has 0 aliphatic rings. The molecule has 0 spiro atoms. The van der Waals surface area contributed by atoms with E-state index in [1.807, 2.05) is 51.2 Å². The van der Waals surface area contributed by atoms with Crippen molar-refractivity contribution < 1.29 is 8.42 Å². The van der Waals surface area contributed by atoms with Gasteiger partial charge in [-0.3, -0.25) is 0 Å². The van der Waals surface area contributed by atoms with Crippen LogP contribution in [0, 0.1) is 6.92 Å². The van der Waals surface area contributed by atoms with Crippen LogP contribution in [0.1, 0.15) is 34.9 Å². The predicted molar refractivity (Wildman–Crippen MR) is 94.7 cm³/mol. The highest BCUT2D eigenvalue weighted by Gasteiger charge is 2.12. The zero-order chi connectivity index (χ0) is 16.9. The lowest BCUT2D eigenvalue weighted by Crippen LogP contribution is -2.31. The van der Waals surface area contributed by atoms with Crippen LogP contribution in [0.3, 0.4) is 0 Å². The van der Waals surface area contributed by atoms with E-state index in [1.165, 1.54) is 4.88 Å². The topological polar surface area (TPSA) is 71.1 Å². The Morgan fingerprint density at radius 2 is 1.78 bits per heavy atom. The van der Waals surface area contributed by atoms with Gasteiger partial charge in [-0.1, -0.05) is 24.3 Å². The molecule has 0 atom stereocenters. The number of nitrogens with zero attached hydrogens (tertiary/aromatic N) is 1. The Kier molecular flexibility index (Phi) is 6.29. The van der Waals surface area contributed by atoms with Crippen molar-refractivity contribution in [2.75, 3.05) is 0 Å². The molecule has 0 unspecified atom stereocenters. The van der Waals surface area contributed by atoms with Crippen LogP contribution in [0.4, 0.5) is 0 Å². The maximum Gasteiger partial charge on any atom is 0.216 e. The van der Waals surface area contributed by atoms with Crippen molar-refractivity contribution in [3.8, 4) is 0 Å². The Balaban J connectivity index is 1.84. The van der Waals surface area contributed by atoms with E-state index in [4.69, 9.17) is 0 Å². The number of rotatable bonds is 8. The van der Waals surface area contributed by atoms with Crippen LogP contribution in [0.25, 0.3) is 0 Å². The monoisotopic (exact) mass is 353 g/mol. The van der Waals surface area contributed by atoms with Crippen molar-refractivity contribution in [3.05, 3.63) is 51.5 Å². The largest absolute Gasteiger partial charge is 0.308 e. The third-order valence-corrected chi connectivity index (χ3v) is 5.55. The zero-order valence-corrected chi connectivity index (χ0v) is 15.3. The van der Waals surface area contributed by atoms with Gasteiger partial charge in [0.25, 0.3) is 0 Å². The van der Waals surface area contributed by atoms with E-state index in [1.54, 1.807) is 11.3 Å². The number of aryl methyl sites for hydroxylation is 1. The van der Waals surface area contributed by atoms with Gasteiger partial charge in [-0.15, -0.1) is 11.3 Å². The third-order valence-electron chi connectivity index (χ3n) is 3.09. The van der Waals surface area contributed by atoms with Crippen molar-refractivity contribution >= 4 is 21.4 Å². The van der Waals surface area contributed by atoms with E-state index in [0.29, 0.717) is 0 Å². The predicted octanol–water partition coefficient (Wildman–Crippen LogP) is 2.57. The number of hydrogen-bond acceptors (Lipinski definition) is 5. The maximum absolute atomic E-state index is 11.9. The van der Waals surface area contributed by atoms with Crippen LogP contribution >= 0.6 is 11.3 Å². The van der Waals surface area contributed by atoms with Crippen molar-refractivity contribution in [2.24, 2.45) is 0 Å². The molecule has 1 aromatic carbocycles. The molecular formula is C16H23N3O2S2. The summed E-state index contributed by atoms with van der Waals surface area (Å²) in [6.07, 6.45) is 1.89. The van der Waals surface area contributed by atoms with Gasteiger partial charge in [0.05, 0.1) is 10.8 Å². The van der Waals surface area contributed by atoms with Gasteiger partial charge in [-0.2, -0.15) is 0 Å². The Hall–Kier alpha value is -1.28. The molecule has 0 aliphatic carbocycles. The number of thiazole rings is 1. The molecule has 0 bridgehead atoms. The van der Waals surface area contributed by atoms with E-state index in [-0.39, 0.29) is 11.8 Å². The molecule has 5 nitrogen and oxygen atoms in total. The molecule has 0 amide bonds. The van der Waals surface area contributed by atoms with E-state index in [9.17, 15) is 8.42 Å². The highest BCUT2D eigenvalue weighted by atomic mass is 32.2. The second-order valence-corrected chi connectivity index (χ2v) is 8.87. The summed E-state index contributed by atoms with van der Waals surface area (Å²) >= 11 is 1.69. The number of aromatic nitrogens is 1. The number of sulfonamides is 1. The normalized spacial score (nSPS) is 12.0. The molecule has 0 saturated heterocycles. The minimum atomic E-state index is -3.27. The van der Waals surface area contributed by atoms with Crippen LogP contribution in [0.15, 0.2) is 30.5 Å². The Labute approximate surface area is 142 Å². The molecular weight excluding hydrogens is 330 g/mol. The van der Waals surface area contributed by atoms with Gasteiger partial charge >= 0.3 is 0 Å². The van der Waals surface area contributed by atoms with Crippen LogP contribution < -0.4 is 10.0 Å². The van der Waals surface area contributed by atoms with Gasteiger partial charge in [0, 0.05) is 30.2 Å². The van der Waals surface area contributed by atoms with E-state index in [0.717, 1.165) is 29.2 Å². The maximum atomic E-state index is 11.9. The van der Waals surface area contributed by atoms with Gasteiger partial charge in [-0.05, 0) is 31.9 Å². The highest BCUT2D eigenvalue weighted by Crippen LogP contribution is 2.12. The van der Waals surface area contributed by atoms with Crippen molar-refractivity contribution in [1.29, 1.82) is 0 Å². The van der Waals surface area contributed by atoms with Gasteiger partial charge < -0.3 is 5.32 Å². The van der Waals surface area contributed by atoms with E-state index in [2.05, 4.69) is 15.0 Å². The second kappa shape index (κ2) is 8.01. The quantitative estimate of drug-likeness (QED) is 0.765. The van der Waals surface area contributed by atoms with Gasteiger partial charge in [0.1, 0.15) is 0 Å². The van der Waals surface area contributed by atoms with Gasteiger partial charge in [0.15, 0.2) is 0 Å². The Morgan fingerprint density at radius 1 is 1.13 bits per heavy atom. The summed E-state index contributed by atoms with van der Waals surface area (Å²) in [6, 6.07) is 7.58. The smallest absolute Gasteiger partial charge is 0.216 e. The summed E-state index contributed by atoms with van der Waals surface area (Å²) < 4.78 is 26.4. The van der Waals surface area contributed by atoms with Crippen LogP contribution in [-0.2, 0) is 28.9 Å². The van der Waals surface area contributed by atoms with Gasteiger partial charge in [-0.25, -0.2) is 18.1 Å². The fourth-order valence-electron chi connectivity index (χ4n) is 2.19. The minimum Gasteiger partial charge on any atom is -0.308 e. The lowest BCUT2D eigenvalue weighted by Gasteiger charge is -2.10. The number of nitrogens with one attached hydrogen (secondary N) is 2. The summed E-state index contributed by atoms with van der Waals surface area (Å²) in [6.45, 7) is 7.16. The molecule has 2 rings (SSSR count). The molecule has 1 aromatic heterocycles. The van der Waals surface area contributed by atoms with Crippen LogP contribution in [0.2, 0.25) is 0 Å². The molecule has 23 heavy (non-hydrogen) atoms. The van der Waals surface area contributed by atoms with Crippen molar-refractivity contribution in [2.45, 2.75) is 45.7 Å². The molecule has 0 aliphatic heterocycles. The minimum absolute atomic E-state index is 0.0129. The summed E-state index contributed by atoms with van der Waals surface area (Å²) in [5.41, 5.74) is 1.92. The molecule has 0 radical (unpaired) electrons. The van der Waals surface area contributed by atoms with Crippen molar-refractivity contribution in [3.63, 3.8) is 0 Å². The Morgan fingerprint density at radius 3 is 2.35 bits per heavy atom. The first kappa shape index (κ1) is 18.1. The fourth-order valence-corrected chi connectivity index (χ4v) is 4.39. The second-order valence-electron chi connectivity index (χ2n) is 5.80. The van der Waals surface area contributed by atoms with E-state index < -0.39 is 10.0 Å². The third kappa shape index (κ3) is 6.39.